The smallest absolute Gasteiger partial charge is 0.224 e. The molecule has 0 aliphatic rings. The van der Waals surface area contributed by atoms with Crippen LogP contribution in [0.5, 0.6) is 0 Å². The van der Waals surface area contributed by atoms with Crippen LogP contribution in [0.2, 0.25) is 0 Å². The van der Waals surface area contributed by atoms with Gasteiger partial charge in [-0.3, -0.25) is 4.79 Å². The van der Waals surface area contributed by atoms with Gasteiger partial charge in [-0.1, -0.05) is 20.8 Å². The van der Waals surface area contributed by atoms with E-state index in [0.29, 0.717) is 12.4 Å². The van der Waals surface area contributed by atoms with Crippen LogP contribution < -0.4 is 5.32 Å². The van der Waals surface area contributed by atoms with Crippen molar-refractivity contribution in [3.8, 4) is 0 Å². The van der Waals surface area contributed by atoms with Crippen molar-refractivity contribution in [3.63, 3.8) is 0 Å². The number of amides is 1. The first kappa shape index (κ1) is 14.7. The lowest BCUT2D eigenvalue weighted by Gasteiger charge is -2.28. The SMILES string of the molecule is CC(CCl)C(=O)NCC(C)(C)CN(C)C. The average Bonchev–Trinajstić information content (AvgIpc) is 2.11. The average molecular weight is 235 g/mol. The fourth-order valence-electron chi connectivity index (χ4n) is 1.48. The van der Waals surface area contributed by atoms with Gasteiger partial charge in [-0.25, -0.2) is 0 Å². The van der Waals surface area contributed by atoms with Gasteiger partial charge < -0.3 is 10.2 Å². The molecule has 0 radical (unpaired) electrons. The second-order valence-corrected chi connectivity index (χ2v) is 5.48. The summed E-state index contributed by atoms with van der Waals surface area (Å²) >= 11 is 5.61. The maximum atomic E-state index is 11.5. The number of hydrogen-bond acceptors (Lipinski definition) is 2. The van der Waals surface area contributed by atoms with E-state index >= 15 is 0 Å². The largest absolute Gasteiger partial charge is 0.355 e. The molecule has 0 heterocycles. The first-order valence-electron chi connectivity index (χ1n) is 5.27. The van der Waals surface area contributed by atoms with Gasteiger partial charge in [-0.05, 0) is 19.5 Å². The molecule has 0 bridgehead atoms. The highest BCUT2D eigenvalue weighted by atomic mass is 35.5. The summed E-state index contributed by atoms with van der Waals surface area (Å²) in [5.41, 5.74) is 0.0885. The number of nitrogens with one attached hydrogen (secondary N) is 1. The standard InChI is InChI=1S/C11H23ClN2O/c1-9(6-12)10(15)13-7-11(2,3)8-14(4)5/h9H,6-8H2,1-5H3,(H,13,15). The Balaban J connectivity index is 3.98. The molecule has 0 fully saturated rings. The van der Waals surface area contributed by atoms with E-state index < -0.39 is 0 Å². The molecule has 1 atom stereocenters. The Morgan fingerprint density at radius 1 is 1.47 bits per heavy atom. The van der Waals surface area contributed by atoms with Crippen molar-refractivity contribution >= 4 is 17.5 Å². The Bertz CT molecular complexity index is 205. The van der Waals surface area contributed by atoms with Crippen LogP contribution in [0.15, 0.2) is 0 Å². The maximum Gasteiger partial charge on any atom is 0.224 e. The Morgan fingerprint density at radius 2 is 2.00 bits per heavy atom. The Labute approximate surface area is 98.2 Å². The van der Waals surface area contributed by atoms with Crippen molar-refractivity contribution in [2.75, 3.05) is 33.1 Å². The zero-order chi connectivity index (χ0) is 12.1. The van der Waals surface area contributed by atoms with Crippen LogP contribution in [0.3, 0.4) is 0 Å². The molecule has 0 aromatic carbocycles. The Kier molecular flexibility index (Phi) is 6.22. The van der Waals surface area contributed by atoms with Crippen molar-refractivity contribution in [2.24, 2.45) is 11.3 Å². The van der Waals surface area contributed by atoms with Crippen molar-refractivity contribution in [1.29, 1.82) is 0 Å². The summed E-state index contributed by atoms with van der Waals surface area (Å²) in [7, 11) is 4.07. The van der Waals surface area contributed by atoms with Crippen LogP contribution in [0, 0.1) is 11.3 Å². The Hall–Kier alpha value is -0.280. The minimum absolute atomic E-state index is 0.0387. The van der Waals surface area contributed by atoms with Crippen LogP contribution in [0.4, 0.5) is 0 Å². The molecule has 0 aliphatic heterocycles. The minimum atomic E-state index is -0.109. The van der Waals surface area contributed by atoms with E-state index in [1.165, 1.54) is 0 Å². The van der Waals surface area contributed by atoms with E-state index in [9.17, 15) is 4.79 Å². The molecule has 3 nitrogen and oxygen atoms in total. The molecular formula is C11H23ClN2O. The van der Waals surface area contributed by atoms with E-state index in [2.05, 4.69) is 24.1 Å². The first-order valence-corrected chi connectivity index (χ1v) is 5.80. The van der Waals surface area contributed by atoms with E-state index in [1.54, 1.807) is 0 Å². The molecule has 0 saturated carbocycles. The van der Waals surface area contributed by atoms with Crippen LogP contribution in [0.1, 0.15) is 20.8 Å². The van der Waals surface area contributed by atoms with E-state index in [1.807, 2.05) is 21.0 Å². The third kappa shape index (κ3) is 6.74. The molecule has 0 rings (SSSR count). The monoisotopic (exact) mass is 234 g/mol. The number of carbonyl (C=O) groups is 1. The molecule has 15 heavy (non-hydrogen) atoms. The molecular weight excluding hydrogens is 212 g/mol. The fourth-order valence-corrected chi connectivity index (χ4v) is 1.62. The number of halogens is 1. The van der Waals surface area contributed by atoms with Gasteiger partial charge in [0.25, 0.3) is 0 Å². The molecule has 0 aliphatic carbocycles. The third-order valence-corrected chi connectivity index (χ3v) is 2.63. The van der Waals surface area contributed by atoms with Gasteiger partial charge in [0, 0.05) is 24.9 Å². The third-order valence-electron chi connectivity index (χ3n) is 2.16. The van der Waals surface area contributed by atoms with Crippen molar-refractivity contribution in [2.45, 2.75) is 20.8 Å². The quantitative estimate of drug-likeness (QED) is 0.708. The first-order chi connectivity index (χ1) is 6.78. The minimum Gasteiger partial charge on any atom is -0.355 e. The molecule has 1 unspecified atom stereocenters. The number of carbonyl (C=O) groups excluding carboxylic acids is 1. The van der Waals surface area contributed by atoms with Gasteiger partial charge in [0.05, 0.1) is 0 Å². The second kappa shape index (κ2) is 6.33. The van der Waals surface area contributed by atoms with Gasteiger partial charge in [0.2, 0.25) is 5.91 Å². The van der Waals surface area contributed by atoms with Crippen LogP contribution in [-0.4, -0.2) is 43.9 Å². The van der Waals surface area contributed by atoms with Gasteiger partial charge in [-0.15, -0.1) is 11.6 Å². The van der Waals surface area contributed by atoms with E-state index in [-0.39, 0.29) is 17.2 Å². The molecule has 0 aromatic heterocycles. The highest BCUT2D eigenvalue weighted by Gasteiger charge is 2.21. The summed E-state index contributed by atoms with van der Waals surface area (Å²) < 4.78 is 0. The fraction of sp³-hybridized carbons (Fsp3) is 0.909. The van der Waals surface area contributed by atoms with Crippen LogP contribution >= 0.6 is 11.6 Å². The highest BCUT2D eigenvalue weighted by molar-refractivity contribution is 6.19. The molecule has 1 N–H and O–H groups in total. The summed E-state index contributed by atoms with van der Waals surface area (Å²) in [4.78, 5) is 13.6. The molecule has 0 aromatic rings. The van der Waals surface area contributed by atoms with E-state index in [4.69, 9.17) is 11.6 Å². The zero-order valence-corrected chi connectivity index (χ0v) is 11.2. The lowest BCUT2D eigenvalue weighted by Crippen LogP contribution is -2.41. The van der Waals surface area contributed by atoms with Gasteiger partial charge in [0.1, 0.15) is 0 Å². The predicted octanol–water partition coefficient (Wildman–Crippen LogP) is 1.57. The lowest BCUT2D eigenvalue weighted by molar-refractivity contribution is -0.124. The zero-order valence-electron chi connectivity index (χ0n) is 10.4. The van der Waals surface area contributed by atoms with Crippen LogP contribution in [-0.2, 0) is 4.79 Å². The molecule has 0 spiro atoms. The van der Waals surface area contributed by atoms with E-state index in [0.717, 1.165) is 6.54 Å². The summed E-state index contributed by atoms with van der Waals surface area (Å²) in [5, 5.41) is 2.93. The Morgan fingerprint density at radius 3 is 2.40 bits per heavy atom. The predicted molar refractivity (Wildman–Crippen MR) is 65.2 cm³/mol. The van der Waals surface area contributed by atoms with Gasteiger partial charge >= 0.3 is 0 Å². The molecule has 90 valence electrons. The number of alkyl halides is 1. The number of rotatable bonds is 6. The summed E-state index contributed by atoms with van der Waals surface area (Å²) in [6.07, 6.45) is 0. The molecule has 1 amide bonds. The van der Waals surface area contributed by atoms with Gasteiger partial charge in [-0.2, -0.15) is 0 Å². The maximum absolute atomic E-state index is 11.5. The summed E-state index contributed by atoms with van der Waals surface area (Å²) in [5.74, 6) is 0.304. The summed E-state index contributed by atoms with van der Waals surface area (Å²) in [6.45, 7) is 7.74. The van der Waals surface area contributed by atoms with Crippen molar-refractivity contribution < 1.29 is 4.79 Å². The molecule has 4 heteroatoms. The van der Waals surface area contributed by atoms with Crippen molar-refractivity contribution in [3.05, 3.63) is 0 Å². The van der Waals surface area contributed by atoms with Crippen molar-refractivity contribution in [1.82, 2.24) is 10.2 Å². The summed E-state index contributed by atoms with van der Waals surface area (Å²) in [6, 6.07) is 0. The normalized spacial score (nSPS) is 14.1. The number of hydrogen-bond donors (Lipinski definition) is 1. The highest BCUT2D eigenvalue weighted by Crippen LogP contribution is 2.14. The molecule has 0 saturated heterocycles. The van der Waals surface area contributed by atoms with Gasteiger partial charge in [0.15, 0.2) is 0 Å². The topological polar surface area (TPSA) is 32.3 Å². The second-order valence-electron chi connectivity index (χ2n) is 5.18. The van der Waals surface area contributed by atoms with Crippen LogP contribution in [0.25, 0.3) is 0 Å². The lowest BCUT2D eigenvalue weighted by atomic mass is 9.93. The number of nitrogens with zero attached hydrogens (tertiary/aromatic N) is 1.